The van der Waals surface area contributed by atoms with E-state index in [-0.39, 0.29) is 11.7 Å². The van der Waals surface area contributed by atoms with Crippen molar-refractivity contribution in [1.29, 1.82) is 5.26 Å². The number of aryl methyl sites for hydroxylation is 2. The van der Waals surface area contributed by atoms with Crippen molar-refractivity contribution >= 4 is 5.78 Å². The molecule has 0 N–H and O–H groups in total. The van der Waals surface area contributed by atoms with Gasteiger partial charge in [0.05, 0.1) is 6.07 Å². The zero-order valence-corrected chi connectivity index (χ0v) is 10.2. The molecule has 16 heavy (non-hydrogen) atoms. The van der Waals surface area contributed by atoms with Crippen LogP contribution in [0, 0.1) is 31.1 Å². The quantitative estimate of drug-likeness (QED) is 0.777. The van der Waals surface area contributed by atoms with Gasteiger partial charge in [0.1, 0.15) is 5.92 Å². The Morgan fingerprint density at radius 1 is 1.31 bits per heavy atom. The van der Waals surface area contributed by atoms with Crippen LogP contribution in [0.2, 0.25) is 0 Å². The highest BCUT2D eigenvalue weighted by Crippen LogP contribution is 2.24. The third-order valence-corrected chi connectivity index (χ3v) is 2.73. The predicted molar refractivity (Wildman–Crippen MR) is 64.1 cm³/mol. The lowest BCUT2D eigenvalue weighted by Gasteiger charge is -2.14. The fourth-order valence-electron chi connectivity index (χ4n) is 1.69. The number of rotatable bonds is 3. The highest BCUT2D eigenvalue weighted by molar-refractivity contribution is 5.90. The minimum atomic E-state index is -0.625. The summed E-state index contributed by atoms with van der Waals surface area (Å²) in [6.07, 6.45) is 0. The van der Waals surface area contributed by atoms with Crippen LogP contribution >= 0.6 is 0 Å². The average Bonchev–Trinajstić information content (AvgIpc) is 2.23. The molecule has 0 aliphatic rings. The summed E-state index contributed by atoms with van der Waals surface area (Å²) in [4.78, 5) is 11.9. The van der Waals surface area contributed by atoms with Gasteiger partial charge in [-0.05, 0) is 25.0 Å². The molecule has 0 bridgehead atoms. The fraction of sp³-hybridized carbons (Fsp3) is 0.429. The van der Waals surface area contributed by atoms with Crippen molar-refractivity contribution in [3.8, 4) is 6.07 Å². The minimum Gasteiger partial charge on any atom is -0.298 e. The third-order valence-electron chi connectivity index (χ3n) is 2.73. The number of carbonyl (C=O) groups excluding carboxylic acids is 1. The van der Waals surface area contributed by atoms with Crippen LogP contribution in [-0.4, -0.2) is 5.78 Å². The van der Waals surface area contributed by atoms with Crippen LogP contribution in [0.5, 0.6) is 0 Å². The molecule has 0 amide bonds. The van der Waals surface area contributed by atoms with Crippen molar-refractivity contribution in [2.24, 2.45) is 5.92 Å². The van der Waals surface area contributed by atoms with E-state index in [4.69, 9.17) is 5.26 Å². The van der Waals surface area contributed by atoms with Crippen molar-refractivity contribution in [1.82, 2.24) is 0 Å². The highest BCUT2D eigenvalue weighted by atomic mass is 16.1. The number of nitriles is 1. The summed E-state index contributed by atoms with van der Waals surface area (Å²) in [7, 11) is 0. The second-order valence-electron chi connectivity index (χ2n) is 4.48. The third kappa shape index (κ3) is 2.49. The SMILES string of the molecule is Cc1ccc(C)c(C(C#N)C(=O)C(C)C)c1. The first kappa shape index (κ1) is 12.4. The van der Waals surface area contributed by atoms with Crippen LogP contribution in [0.1, 0.15) is 36.5 Å². The lowest BCUT2D eigenvalue weighted by molar-refractivity contribution is -0.122. The molecule has 1 unspecified atom stereocenters. The monoisotopic (exact) mass is 215 g/mol. The van der Waals surface area contributed by atoms with E-state index < -0.39 is 5.92 Å². The van der Waals surface area contributed by atoms with E-state index in [1.54, 1.807) is 0 Å². The Morgan fingerprint density at radius 2 is 1.94 bits per heavy atom. The molecule has 2 heteroatoms. The Morgan fingerprint density at radius 3 is 2.44 bits per heavy atom. The van der Waals surface area contributed by atoms with E-state index in [9.17, 15) is 4.79 Å². The van der Waals surface area contributed by atoms with Gasteiger partial charge in [0.15, 0.2) is 5.78 Å². The summed E-state index contributed by atoms with van der Waals surface area (Å²) in [5.74, 6) is -0.735. The molecule has 1 atom stereocenters. The zero-order valence-electron chi connectivity index (χ0n) is 10.2. The van der Waals surface area contributed by atoms with Crippen molar-refractivity contribution in [2.45, 2.75) is 33.6 Å². The first-order valence-corrected chi connectivity index (χ1v) is 5.48. The molecule has 0 radical (unpaired) electrons. The normalized spacial score (nSPS) is 12.2. The molecule has 0 saturated carbocycles. The summed E-state index contributed by atoms with van der Waals surface area (Å²) in [5, 5.41) is 9.14. The van der Waals surface area contributed by atoms with Crippen molar-refractivity contribution < 1.29 is 4.79 Å². The first-order valence-electron chi connectivity index (χ1n) is 5.48. The van der Waals surface area contributed by atoms with Crippen LogP contribution in [0.4, 0.5) is 0 Å². The molecule has 2 nitrogen and oxygen atoms in total. The molecule has 0 aromatic heterocycles. The zero-order chi connectivity index (χ0) is 12.3. The number of ketones is 1. The molecule has 1 rings (SSSR count). The van der Waals surface area contributed by atoms with Crippen LogP contribution < -0.4 is 0 Å². The van der Waals surface area contributed by atoms with E-state index in [2.05, 4.69) is 6.07 Å². The Labute approximate surface area is 96.9 Å². The first-order chi connectivity index (χ1) is 7.47. The average molecular weight is 215 g/mol. The Balaban J connectivity index is 3.20. The Bertz CT molecular complexity index is 441. The number of benzene rings is 1. The fourth-order valence-corrected chi connectivity index (χ4v) is 1.69. The molecule has 0 aliphatic carbocycles. The maximum absolute atomic E-state index is 11.9. The van der Waals surface area contributed by atoms with Gasteiger partial charge in [0.2, 0.25) is 0 Å². The lowest BCUT2D eigenvalue weighted by atomic mass is 9.87. The minimum absolute atomic E-state index is 0.00352. The molecular weight excluding hydrogens is 198 g/mol. The molecule has 0 aliphatic heterocycles. The molecule has 0 heterocycles. The van der Waals surface area contributed by atoms with Gasteiger partial charge in [-0.1, -0.05) is 37.6 Å². The van der Waals surface area contributed by atoms with Crippen LogP contribution in [0.25, 0.3) is 0 Å². The van der Waals surface area contributed by atoms with Gasteiger partial charge >= 0.3 is 0 Å². The standard InChI is InChI=1S/C14H17NO/c1-9(2)14(16)13(8-15)12-7-10(3)5-6-11(12)4/h5-7,9,13H,1-4H3. The number of hydrogen-bond donors (Lipinski definition) is 0. The Hall–Kier alpha value is -1.62. The molecule has 1 aromatic carbocycles. The number of Topliss-reactive ketones (excluding diaryl/α,β-unsaturated/α-hetero) is 1. The van der Waals surface area contributed by atoms with E-state index in [0.717, 1.165) is 16.7 Å². The largest absolute Gasteiger partial charge is 0.298 e. The number of carbonyl (C=O) groups is 1. The van der Waals surface area contributed by atoms with Gasteiger partial charge in [0.25, 0.3) is 0 Å². The molecule has 0 saturated heterocycles. The molecule has 1 aromatic rings. The topological polar surface area (TPSA) is 40.9 Å². The van der Waals surface area contributed by atoms with Gasteiger partial charge in [-0.25, -0.2) is 0 Å². The predicted octanol–water partition coefficient (Wildman–Crippen LogP) is 3.14. The van der Waals surface area contributed by atoms with Gasteiger partial charge in [0, 0.05) is 5.92 Å². The van der Waals surface area contributed by atoms with E-state index in [1.165, 1.54) is 0 Å². The summed E-state index contributed by atoms with van der Waals surface area (Å²) in [6, 6.07) is 8.01. The summed E-state index contributed by atoms with van der Waals surface area (Å²) < 4.78 is 0. The van der Waals surface area contributed by atoms with Crippen molar-refractivity contribution in [3.63, 3.8) is 0 Å². The molecule has 0 fully saturated rings. The van der Waals surface area contributed by atoms with E-state index >= 15 is 0 Å². The van der Waals surface area contributed by atoms with Crippen molar-refractivity contribution in [3.05, 3.63) is 34.9 Å². The second kappa shape index (κ2) is 4.94. The smallest absolute Gasteiger partial charge is 0.156 e. The van der Waals surface area contributed by atoms with Crippen molar-refractivity contribution in [2.75, 3.05) is 0 Å². The van der Waals surface area contributed by atoms with Gasteiger partial charge in [-0.15, -0.1) is 0 Å². The van der Waals surface area contributed by atoms with Gasteiger partial charge in [-0.2, -0.15) is 5.26 Å². The van der Waals surface area contributed by atoms with Gasteiger partial charge in [-0.3, -0.25) is 4.79 Å². The number of hydrogen-bond acceptors (Lipinski definition) is 2. The van der Waals surface area contributed by atoms with Crippen LogP contribution in [0.15, 0.2) is 18.2 Å². The second-order valence-corrected chi connectivity index (χ2v) is 4.48. The Kier molecular flexibility index (Phi) is 3.84. The maximum Gasteiger partial charge on any atom is 0.156 e. The highest BCUT2D eigenvalue weighted by Gasteiger charge is 2.24. The van der Waals surface area contributed by atoms with E-state index in [0.29, 0.717) is 0 Å². The summed E-state index contributed by atoms with van der Waals surface area (Å²) >= 11 is 0. The molecular formula is C14H17NO. The van der Waals surface area contributed by atoms with E-state index in [1.807, 2.05) is 45.9 Å². The summed E-state index contributed by atoms with van der Waals surface area (Å²) in [5.41, 5.74) is 2.93. The molecule has 0 spiro atoms. The van der Waals surface area contributed by atoms with Gasteiger partial charge < -0.3 is 0 Å². The maximum atomic E-state index is 11.9. The summed E-state index contributed by atoms with van der Waals surface area (Å²) in [6.45, 7) is 7.57. The molecule has 84 valence electrons. The number of nitrogens with zero attached hydrogens (tertiary/aromatic N) is 1. The lowest BCUT2D eigenvalue weighted by Crippen LogP contribution is -2.17. The van der Waals surface area contributed by atoms with Crippen LogP contribution in [0.3, 0.4) is 0 Å². The van der Waals surface area contributed by atoms with Crippen LogP contribution in [-0.2, 0) is 4.79 Å².